The van der Waals surface area contributed by atoms with Crippen LogP contribution >= 0.6 is 0 Å². The van der Waals surface area contributed by atoms with Crippen molar-refractivity contribution in [1.29, 1.82) is 0 Å². The van der Waals surface area contributed by atoms with Crippen LogP contribution in [-0.4, -0.2) is 11.6 Å². The van der Waals surface area contributed by atoms with Crippen molar-refractivity contribution in [3.05, 3.63) is 78.5 Å². The zero-order valence-corrected chi connectivity index (χ0v) is 16.6. The molecule has 0 saturated carbocycles. The highest BCUT2D eigenvalue weighted by molar-refractivity contribution is 6.25. The van der Waals surface area contributed by atoms with Gasteiger partial charge in [-0.05, 0) is 47.9 Å². The van der Waals surface area contributed by atoms with Crippen LogP contribution in [0.15, 0.2) is 73.0 Å². The van der Waals surface area contributed by atoms with Crippen molar-refractivity contribution >= 4 is 38.3 Å². The Hall–Kier alpha value is -3.00. The molecule has 1 heterocycles. The van der Waals surface area contributed by atoms with Gasteiger partial charge in [-0.2, -0.15) is 0 Å². The van der Waals surface area contributed by atoms with Crippen LogP contribution in [0.4, 0.5) is 5.69 Å². The van der Waals surface area contributed by atoms with E-state index in [2.05, 4.69) is 79.5 Å². The fourth-order valence-corrected chi connectivity index (χ4v) is 4.19. The van der Waals surface area contributed by atoms with Crippen LogP contribution < -0.4 is 4.90 Å². The molecular formula is C25H26N2. The van der Waals surface area contributed by atoms with Gasteiger partial charge in [0.15, 0.2) is 0 Å². The number of likely N-dealkylation sites (N-methyl/N-ethyl adjacent to an activating group) is 1. The van der Waals surface area contributed by atoms with Gasteiger partial charge in [0.25, 0.3) is 0 Å². The smallest absolute Gasteiger partial charge is 0.0516 e. The summed E-state index contributed by atoms with van der Waals surface area (Å²) in [6, 6.07) is 13.5. The van der Waals surface area contributed by atoms with Crippen LogP contribution in [0.25, 0.3) is 32.6 Å². The van der Waals surface area contributed by atoms with Crippen molar-refractivity contribution in [1.82, 2.24) is 4.57 Å². The van der Waals surface area contributed by atoms with E-state index in [4.69, 9.17) is 0 Å². The second kappa shape index (κ2) is 6.62. The first-order valence-electron chi connectivity index (χ1n) is 9.55. The van der Waals surface area contributed by atoms with E-state index in [0.29, 0.717) is 0 Å². The van der Waals surface area contributed by atoms with Gasteiger partial charge in [0.05, 0.1) is 5.52 Å². The Morgan fingerprint density at radius 1 is 1.11 bits per heavy atom. The molecule has 1 aromatic heterocycles. The molecule has 0 amide bonds. The summed E-state index contributed by atoms with van der Waals surface area (Å²) >= 11 is 0. The van der Waals surface area contributed by atoms with Gasteiger partial charge in [-0.25, -0.2) is 0 Å². The minimum Gasteiger partial charge on any atom is -0.345 e. The summed E-state index contributed by atoms with van der Waals surface area (Å²) in [5, 5.41) is 5.43. The van der Waals surface area contributed by atoms with Gasteiger partial charge in [-0.1, -0.05) is 56.0 Å². The lowest BCUT2D eigenvalue weighted by molar-refractivity contribution is 1.01. The first-order chi connectivity index (χ1) is 13.1. The molecule has 0 atom stereocenters. The van der Waals surface area contributed by atoms with Crippen LogP contribution in [0, 0.1) is 0 Å². The maximum atomic E-state index is 4.27. The Morgan fingerprint density at radius 2 is 1.93 bits per heavy atom. The highest BCUT2D eigenvalue weighted by Gasteiger charge is 2.19. The molecule has 0 fully saturated rings. The van der Waals surface area contributed by atoms with Crippen molar-refractivity contribution in [2.24, 2.45) is 7.05 Å². The molecule has 0 N–H and O–H groups in total. The summed E-state index contributed by atoms with van der Waals surface area (Å²) in [5.41, 5.74) is 6.16. The largest absolute Gasteiger partial charge is 0.345 e. The van der Waals surface area contributed by atoms with E-state index in [1.165, 1.54) is 43.8 Å². The molecule has 4 aromatic rings. The first-order valence-corrected chi connectivity index (χ1v) is 9.55. The average Bonchev–Trinajstić information content (AvgIpc) is 2.98. The summed E-state index contributed by atoms with van der Waals surface area (Å²) in [7, 11) is 4.27. The van der Waals surface area contributed by atoms with Gasteiger partial charge in [-0.15, -0.1) is 0 Å². The molecule has 4 rings (SSSR count). The Morgan fingerprint density at radius 3 is 2.67 bits per heavy atom. The molecule has 136 valence electrons. The van der Waals surface area contributed by atoms with Gasteiger partial charge >= 0.3 is 0 Å². The normalized spacial score (nSPS) is 12.4. The van der Waals surface area contributed by atoms with Crippen LogP contribution in [0.3, 0.4) is 0 Å². The predicted molar refractivity (Wildman–Crippen MR) is 120 cm³/mol. The number of nitrogens with zero attached hydrogens (tertiary/aromatic N) is 2. The van der Waals surface area contributed by atoms with Gasteiger partial charge in [0.1, 0.15) is 0 Å². The van der Waals surface area contributed by atoms with E-state index in [1.807, 2.05) is 25.2 Å². The molecule has 0 spiro atoms. The summed E-state index contributed by atoms with van der Waals surface area (Å²) in [4.78, 5) is 2.20. The van der Waals surface area contributed by atoms with Crippen molar-refractivity contribution in [2.75, 3.05) is 11.9 Å². The topological polar surface area (TPSA) is 8.17 Å². The van der Waals surface area contributed by atoms with E-state index in [0.717, 1.165) is 12.1 Å². The van der Waals surface area contributed by atoms with Crippen molar-refractivity contribution in [2.45, 2.75) is 20.3 Å². The molecule has 3 aromatic carbocycles. The second-order valence-corrected chi connectivity index (χ2v) is 7.10. The Labute approximate surface area is 161 Å². The molecule has 0 aliphatic rings. The molecule has 0 radical (unpaired) electrons. The van der Waals surface area contributed by atoms with E-state index < -0.39 is 0 Å². The molecule has 0 saturated heterocycles. The number of benzene rings is 3. The summed E-state index contributed by atoms with van der Waals surface area (Å²) in [6.07, 6.45) is 9.14. The Kier molecular flexibility index (Phi) is 4.27. The van der Waals surface area contributed by atoms with Gasteiger partial charge in [0.2, 0.25) is 0 Å². The lowest BCUT2D eigenvalue weighted by atomic mass is 9.95. The summed E-state index contributed by atoms with van der Waals surface area (Å²) < 4.78 is 2.32. The Balaban J connectivity index is 2.01. The minimum absolute atomic E-state index is 0.980. The highest BCUT2D eigenvalue weighted by Crippen LogP contribution is 2.41. The zero-order valence-electron chi connectivity index (χ0n) is 16.6. The molecule has 27 heavy (non-hydrogen) atoms. The van der Waals surface area contributed by atoms with Gasteiger partial charge in [0, 0.05) is 41.8 Å². The van der Waals surface area contributed by atoms with Gasteiger partial charge < -0.3 is 9.47 Å². The number of hydrogen-bond acceptors (Lipinski definition) is 1. The van der Waals surface area contributed by atoms with Gasteiger partial charge in [-0.3, -0.25) is 0 Å². The maximum Gasteiger partial charge on any atom is 0.0516 e. The summed E-state index contributed by atoms with van der Waals surface area (Å²) in [6.45, 7) is 8.53. The molecule has 2 heteroatoms. The monoisotopic (exact) mass is 354 g/mol. The number of anilines is 1. The predicted octanol–water partition coefficient (Wildman–Crippen LogP) is 6.57. The molecular weight excluding hydrogens is 328 g/mol. The maximum absolute atomic E-state index is 4.27. The second-order valence-electron chi connectivity index (χ2n) is 7.10. The quantitative estimate of drug-likeness (QED) is 0.291. The van der Waals surface area contributed by atoms with Crippen LogP contribution in [0.5, 0.6) is 0 Å². The van der Waals surface area contributed by atoms with E-state index >= 15 is 0 Å². The first kappa shape index (κ1) is 17.4. The number of aryl methyl sites for hydroxylation is 2. The van der Waals surface area contributed by atoms with Crippen molar-refractivity contribution in [3.8, 4) is 0 Å². The lowest BCUT2D eigenvalue weighted by Crippen LogP contribution is -2.16. The molecule has 2 nitrogen and oxygen atoms in total. The third-order valence-electron chi connectivity index (χ3n) is 5.65. The molecule has 0 unspecified atom stereocenters. The highest BCUT2D eigenvalue weighted by atomic mass is 15.1. The van der Waals surface area contributed by atoms with Crippen molar-refractivity contribution < 1.29 is 0 Å². The SMILES string of the molecule is C=C(/C=C\C=C/C)N(C)c1cc2c3c(ccc4cccc(c43)n2C)c1CC. The fraction of sp³-hybridized carbons (Fsp3) is 0.200. The third-order valence-corrected chi connectivity index (χ3v) is 5.65. The standard InChI is InChI=1S/C25H26N2/c1-6-8-9-11-17(3)26(4)22-16-23-25-20(19(22)7-2)15-14-18-12-10-13-21(24(18)25)27(23)5/h6,8-16H,3,7H2,1-2,4-5H3/b8-6-,11-9-. The lowest BCUT2D eigenvalue weighted by Gasteiger charge is -2.24. The molecule has 0 aliphatic heterocycles. The van der Waals surface area contributed by atoms with Crippen LogP contribution in [-0.2, 0) is 13.5 Å². The molecule has 0 bridgehead atoms. The summed E-state index contributed by atoms with van der Waals surface area (Å²) in [5.74, 6) is 0. The number of rotatable bonds is 5. The fourth-order valence-electron chi connectivity index (χ4n) is 4.19. The van der Waals surface area contributed by atoms with E-state index in [-0.39, 0.29) is 0 Å². The number of allylic oxidation sites excluding steroid dienone is 4. The van der Waals surface area contributed by atoms with E-state index in [9.17, 15) is 0 Å². The van der Waals surface area contributed by atoms with Crippen molar-refractivity contribution in [3.63, 3.8) is 0 Å². The minimum atomic E-state index is 0.980. The van der Waals surface area contributed by atoms with E-state index in [1.54, 1.807) is 0 Å². The number of hydrogen-bond donors (Lipinski definition) is 0. The third kappa shape index (κ3) is 2.56. The van der Waals surface area contributed by atoms with Crippen LogP contribution in [0.1, 0.15) is 19.4 Å². The molecule has 0 aliphatic carbocycles. The number of aromatic nitrogens is 1. The Bertz CT molecular complexity index is 1200. The zero-order chi connectivity index (χ0) is 19.1. The van der Waals surface area contributed by atoms with Crippen LogP contribution in [0.2, 0.25) is 0 Å². The average molecular weight is 354 g/mol.